The number of nitrogens with zero attached hydrogens (tertiary/aromatic N) is 1. The highest BCUT2D eigenvalue weighted by Crippen LogP contribution is 2.35. The van der Waals surface area contributed by atoms with Crippen molar-refractivity contribution in [1.82, 2.24) is 10.2 Å². The topological polar surface area (TPSA) is 69.6 Å². The van der Waals surface area contributed by atoms with Gasteiger partial charge in [0.25, 0.3) is 0 Å². The van der Waals surface area contributed by atoms with Crippen LogP contribution in [-0.2, 0) is 4.79 Å². The fraction of sp³-hybridized carbons (Fsp3) is 0.714. The summed E-state index contributed by atoms with van der Waals surface area (Å²) in [5.74, 6) is -0.849. The van der Waals surface area contributed by atoms with Crippen LogP contribution >= 0.6 is 0 Å². The van der Waals surface area contributed by atoms with Gasteiger partial charge in [-0.1, -0.05) is 25.3 Å². The van der Waals surface area contributed by atoms with E-state index in [1.807, 2.05) is 6.92 Å². The van der Waals surface area contributed by atoms with E-state index in [0.717, 1.165) is 32.1 Å². The van der Waals surface area contributed by atoms with Crippen molar-refractivity contribution in [3.05, 3.63) is 12.7 Å². The van der Waals surface area contributed by atoms with Crippen LogP contribution in [0.1, 0.15) is 45.4 Å². The van der Waals surface area contributed by atoms with Gasteiger partial charge in [-0.3, -0.25) is 4.79 Å². The normalized spacial score (nSPS) is 19.3. The molecule has 2 N–H and O–H groups in total. The molecule has 1 fully saturated rings. The Bertz CT molecular complexity index is 349. The lowest BCUT2D eigenvalue weighted by Crippen LogP contribution is -2.56. The summed E-state index contributed by atoms with van der Waals surface area (Å²) in [5.41, 5.74) is -0.547. The summed E-state index contributed by atoms with van der Waals surface area (Å²) < 4.78 is 0. The molecule has 0 spiro atoms. The third-order valence-corrected chi connectivity index (χ3v) is 3.99. The largest absolute Gasteiger partial charge is 0.481 e. The molecule has 19 heavy (non-hydrogen) atoms. The number of aliphatic carboxylic acids is 1. The zero-order valence-electron chi connectivity index (χ0n) is 11.8. The molecule has 0 aromatic heterocycles. The number of hydrogen-bond acceptors (Lipinski definition) is 2. The molecule has 1 unspecified atom stereocenters. The van der Waals surface area contributed by atoms with E-state index < -0.39 is 11.5 Å². The Hall–Kier alpha value is -1.52. The molecule has 5 nitrogen and oxygen atoms in total. The van der Waals surface area contributed by atoms with Crippen molar-refractivity contribution in [2.45, 2.75) is 57.0 Å². The van der Waals surface area contributed by atoms with Crippen molar-refractivity contribution in [3.8, 4) is 0 Å². The summed E-state index contributed by atoms with van der Waals surface area (Å²) in [6.45, 7) is 5.46. The molecule has 2 amide bonds. The van der Waals surface area contributed by atoms with Crippen molar-refractivity contribution in [1.29, 1.82) is 0 Å². The third-order valence-electron chi connectivity index (χ3n) is 3.99. The van der Waals surface area contributed by atoms with Gasteiger partial charge < -0.3 is 15.3 Å². The number of hydrogen-bond donors (Lipinski definition) is 2. The van der Waals surface area contributed by atoms with E-state index in [0.29, 0.717) is 0 Å². The molecule has 1 aliphatic rings. The van der Waals surface area contributed by atoms with Gasteiger partial charge in [0.2, 0.25) is 0 Å². The maximum Gasteiger partial charge on any atom is 0.318 e. The minimum Gasteiger partial charge on any atom is -0.481 e. The van der Waals surface area contributed by atoms with Crippen LogP contribution in [0.15, 0.2) is 12.7 Å². The molecule has 5 heteroatoms. The fourth-order valence-electron chi connectivity index (χ4n) is 2.69. The van der Waals surface area contributed by atoms with E-state index in [2.05, 4.69) is 11.9 Å². The molecule has 1 aliphatic carbocycles. The SMILES string of the molecule is C=CC(C)NC(=O)N(C)C1(CC(=O)O)CCCCC1. The summed E-state index contributed by atoms with van der Waals surface area (Å²) >= 11 is 0. The molecule has 108 valence electrons. The van der Waals surface area contributed by atoms with Crippen LogP contribution in [0, 0.1) is 0 Å². The smallest absolute Gasteiger partial charge is 0.318 e. The van der Waals surface area contributed by atoms with E-state index in [9.17, 15) is 9.59 Å². The highest BCUT2D eigenvalue weighted by Gasteiger charge is 2.40. The lowest BCUT2D eigenvalue weighted by Gasteiger charge is -2.44. The number of nitrogens with one attached hydrogen (secondary N) is 1. The van der Waals surface area contributed by atoms with E-state index in [1.54, 1.807) is 18.0 Å². The number of carboxylic acid groups (broad SMARTS) is 1. The Labute approximate surface area is 114 Å². The number of carboxylic acids is 1. The molecular weight excluding hydrogens is 244 g/mol. The molecule has 0 radical (unpaired) electrons. The second kappa shape index (κ2) is 6.59. The number of carbonyl (C=O) groups is 2. The van der Waals surface area contributed by atoms with Gasteiger partial charge in [0.1, 0.15) is 0 Å². The van der Waals surface area contributed by atoms with Gasteiger partial charge in [-0.25, -0.2) is 4.79 Å². The summed E-state index contributed by atoms with van der Waals surface area (Å²) in [7, 11) is 1.69. The molecule has 1 rings (SSSR count). The summed E-state index contributed by atoms with van der Waals surface area (Å²) in [5, 5.41) is 11.9. The summed E-state index contributed by atoms with van der Waals surface area (Å²) in [6.07, 6.45) is 6.23. The van der Waals surface area contributed by atoms with Gasteiger partial charge in [-0.15, -0.1) is 6.58 Å². The van der Waals surface area contributed by atoms with Crippen LogP contribution in [0.3, 0.4) is 0 Å². The standard InChI is InChI=1S/C14H24N2O3/c1-4-11(2)15-13(19)16(3)14(10-12(17)18)8-6-5-7-9-14/h4,11H,1,5-10H2,2-3H3,(H,15,19)(H,17,18). The van der Waals surface area contributed by atoms with Crippen LogP contribution in [0.5, 0.6) is 0 Å². The zero-order valence-corrected chi connectivity index (χ0v) is 11.8. The van der Waals surface area contributed by atoms with Crippen LogP contribution in [0.4, 0.5) is 4.79 Å². The van der Waals surface area contributed by atoms with Gasteiger partial charge in [0, 0.05) is 13.1 Å². The van der Waals surface area contributed by atoms with Crippen LogP contribution in [0.25, 0.3) is 0 Å². The van der Waals surface area contributed by atoms with Crippen LogP contribution in [0.2, 0.25) is 0 Å². The number of amides is 2. The Morgan fingerprint density at radius 1 is 1.42 bits per heavy atom. The highest BCUT2D eigenvalue weighted by atomic mass is 16.4. The van der Waals surface area contributed by atoms with E-state index in [-0.39, 0.29) is 18.5 Å². The van der Waals surface area contributed by atoms with Crippen LogP contribution < -0.4 is 5.32 Å². The lowest BCUT2D eigenvalue weighted by atomic mass is 9.78. The molecule has 1 atom stereocenters. The Morgan fingerprint density at radius 2 is 2.00 bits per heavy atom. The van der Waals surface area contributed by atoms with E-state index in [4.69, 9.17) is 5.11 Å². The van der Waals surface area contributed by atoms with E-state index in [1.165, 1.54) is 0 Å². The number of rotatable bonds is 5. The molecule has 0 saturated heterocycles. The zero-order chi connectivity index (χ0) is 14.5. The Kier molecular flexibility index (Phi) is 5.39. The first-order valence-electron chi connectivity index (χ1n) is 6.80. The molecule has 0 aromatic carbocycles. The number of carbonyl (C=O) groups excluding carboxylic acids is 1. The van der Waals surface area contributed by atoms with Crippen molar-refractivity contribution >= 4 is 12.0 Å². The lowest BCUT2D eigenvalue weighted by molar-refractivity contribution is -0.140. The van der Waals surface area contributed by atoms with Crippen LogP contribution in [-0.4, -0.2) is 40.6 Å². The first-order valence-corrected chi connectivity index (χ1v) is 6.80. The van der Waals surface area contributed by atoms with Crippen molar-refractivity contribution in [2.24, 2.45) is 0 Å². The second-order valence-corrected chi connectivity index (χ2v) is 5.39. The molecule has 0 heterocycles. The molecular formula is C14H24N2O3. The quantitative estimate of drug-likeness (QED) is 0.752. The molecule has 0 bridgehead atoms. The van der Waals surface area contributed by atoms with Crippen molar-refractivity contribution in [2.75, 3.05) is 7.05 Å². The molecule has 1 saturated carbocycles. The van der Waals surface area contributed by atoms with Gasteiger partial charge in [-0.2, -0.15) is 0 Å². The first-order chi connectivity index (χ1) is 8.91. The average Bonchev–Trinajstić information content (AvgIpc) is 2.37. The Morgan fingerprint density at radius 3 is 2.47 bits per heavy atom. The predicted molar refractivity (Wildman–Crippen MR) is 74.0 cm³/mol. The first kappa shape index (κ1) is 15.5. The minimum absolute atomic E-state index is 0.0133. The van der Waals surface area contributed by atoms with Gasteiger partial charge in [0.15, 0.2) is 0 Å². The molecule has 0 aliphatic heterocycles. The van der Waals surface area contributed by atoms with Gasteiger partial charge >= 0.3 is 12.0 Å². The van der Waals surface area contributed by atoms with E-state index >= 15 is 0 Å². The second-order valence-electron chi connectivity index (χ2n) is 5.39. The fourth-order valence-corrected chi connectivity index (χ4v) is 2.69. The maximum absolute atomic E-state index is 12.2. The number of urea groups is 1. The third kappa shape index (κ3) is 3.98. The summed E-state index contributed by atoms with van der Waals surface area (Å²) in [4.78, 5) is 24.9. The minimum atomic E-state index is -0.849. The maximum atomic E-state index is 12.2. The Balaban J connectivity index is 2.81. The van der Waals surface area contributed by atoms with Crippen molar-refractivity contribution in [3.63, 3.8) is 0 Å². The predicted octanol–water partition coefficient (Wildman–Crippen LogP) is 2.38. The van der Waals surface area contributed by atoms with Gasteiger partial charge in [0.05, 0.1) is 12.0 Å². The highest BCUT2D eigenvalue weighted by molar-refractivity contribution is 5.77. The monoisotopic (exact) mass is 268 g/mol. The van der Waals surface area contributed by atoms with Crippen molar-refractivity contribution < 1.29 is 14.7 Å². The summed E-state index contributed by atoms with van der Waals surface area (Å²) in [6, 6.07) is -0.351. The average molecular weight is 268 g/mol. The molecule has 0 aromatic rings. The van der Waals surface area contributed by atoms with Gasteiger partial charge in [-0.05, 0) is 19.8 Å².